The van der Waals surface area contributed by atoms with Crippen LogP contribution in [-0.4, -0.2) is 29.3 Å². The number of nitrogens with one attached hydrogen (secondary N) is 1. The highest BCUT2D eigenvalue weighted by Gasteiger charge is 2.35. The molecule has 1 saturated heterocycles. The van der Waals surface area contributed by atoms with E-state index in [1.54, 1.807) is 53.4 Å². The number of rotatable bonds is 3. The van der Waals surface area contributed by atoms with E-state index in [4.69, 9.17) is 23.2 Å². The molecule has 0 bridgehead atoms. The second-order valence-corrected chi connectivity index (χ2v) is 6.48. The van der Waals surface area contributed by atoms with Crippen molar-refractivity contribution in [3.05, 3.63) is 64.1 Å². The van der Waals surface area contributed by atoms with Crippen LogP contribution in [0.15, 0.2) is 48.5 Å². The third-order valence-electron chi connectivity index (χ3n) is 4.03. The van der Waals surface area contributed by atoms with Crippen LogP contribution in [0.5, 0.6) is 0 Å². The number of hydrogen-bond acceptors (Lipinski definition) is 2. The molecule has 0 unspecified atom stereocenters. The monoisotopic (exact) mass is 362 g/mol. The van der Waals surface area contributed by atoms with Gasteiger partial charge in [0.25, 0.3) is 5.91 Å². The molecular formula is C18H16Cl2N2O2. The first-order valence-electron chi connectivity index (χ1n) is 7.68. The van der Waals surface area contributed by atoms with E-state index in [0.717, 1.165) is 6.42 Å². The molecule has 1 heterocycles. The normalized spacial score (nSPS) is 16.9. The van der Waals surface area contributed by atoms with E-state index in [1.807, 2.05) is 0 Å². The quantitative estimate of drug-likeness (QED) is 0.887. The second-order valence-electron chi connectivity index (χ2n) is 5.63. The standard InChI is InChI=1S/C18H16Cl2N2O2/c19-12-7-9-13(10-8-12)21-17(23)16-6-3-11-22(16)18(24)14-4-1-2-5-15(14)20/h1-2,4-5,7-10,16H,3,6,11H2,(H,21,23)/t16-/m0/s1. The van der Waals surface area contributed by atoms with Crippen molar-refractivity contribution in [2.45, 2.75) is 18.9 Å². The Bertz CT molecular complexity index is 762. The van der Waals surface area contributed by atoms with Crippen LogP contribution in [0.1, 0.15) is 23.2 Å². The van der Waals surface area contributed by atoms with Gasteiger partial charge in [0.1, 0.15) is 6.04 Å². The molecule has 3 rings (SSSR count). The van der Waals surface area contributed by atoms with Crippen molar-refractivity contribution in [2.75, 3.05) is 11.9 Å². The summed E-state index contributed by atoms with van der Waals surface area (Å²) in [4.78, 5) is 26.9. The van der Waals surface area contributed by atoms with Gasteiger partial charge in [-0.2, -0.15) is 0 Å². The maximum absolute atomic E-state index is 12.7. The van der Waals surface area contributed by atoms with Crippen molar-refractivity contribution in [1.82, 2.24) is 4.90 Å². The Labute approximate surface area is 150 Å². The fraction of sp³-hybridized carbons (Fsp3) is 0.222. The Kier molecular flexibility index (Phi) is 5.07. The number of anilines is 1. The molecular weight excluding hydrogens is 347 g/mol. The highest BCUT2D eigenvalue weighted by molar-refractivity contribution is 6.33. The average Bonchev–Trinajstić information content (AvgIpc) is 3.06. The molecule has 0 radical (unpaired) electrons. The molecule has 0 saturated carbocycles. The minimum absolute atomic E-state index is 0.199. The Balaban J connectivity index is 1.75. The topological polar surface area (TPSA) is 49.4 Å². The van der Waals surface area contributed by atoms with E-state index in [2.05, 4.69) is 5.32 Å². The number of carbonyl (C=O) groups is 2. The SMILES string of the molecule is O=C(Nc1ccc(Cl)cc1)[C@@H]1CCCN1C(=O)c1ccccc1Cl. The van der Waals surface area contributed by atoms with E-state index in [9.17, 15) is 9.59 Å². The number of halogens is 2. The fourth-order valence-corrected chi connectivity index (χ4v) is 3.17. The van der Waals surface area contributed by atoms with Gasteiger partial charge in [-0.15, -0.1) is 0 Å². The van der Waals surface area contributed by atoms with E-state index < -0.39 is 6.04 Å². The molecule has 1 aliphatic heterocycles. The lowest BCUT2D eigenvalue weighted by Gasteiger charge is -2.24. The molecule has 6 heteroatoms. The molecule has 24 heavy (non-hydrogen) atoms. The Morgan fingerprint density at radius 2 is 1.75 bits per heavy atom. The minimum atomic E-state index is -0.496. The smallest absolute Gasteiger partial charge is 0.256 e. The molecule has 1 N–H and O–H groups in total. The lowest BCUT2D eigenvalue weighted by Crippen LogP contribution is -2.43. The molecule has 0 aliphatic carbocycles. The van der Waals surface area contributed by atoms with Crippen LogP contribution in [0.25, 0.3) is 0 Å². The van der Waals surface area contributed by atoms with E-state index >= 15 is 0 Å². The molecule has 2 aromatic rings. The van der Waals surface area contributed by atoms with E-state index in [-0.39, 0.29) is 11.8 Å². The summed E-state index contributed by atoms with van der Waals surface area (Å²) in [5.74, 6) is -0.412. The summed E-state index contributed by atoms with van der Waals surface area (Å²) in [5.41, 5.74) is 1.08. The average molecular weight is 363 g/mol. The van der Waals surface area contributed by atoms with Crippen molar-refractivity contribution in [3.63, 3.8) is 0 Å². The summed E-state index contributed by atoms with van der Waals surface area (Å²) in [7, 11) is 0. The Morgan fingerprint density at radius 1 is 1.04 bits per heavy atom. The minimum Gasteiger partial charge on any atom is -0.327 e. The summed E-state index contributed by atoms with van der Waals surface area (Å²) >= 11 is 12.0. The van der Waals surface area contributed by atoms with Crippen molar-refractivity contribution < 1.29 is 9.59 Å². The summed E-state index contributed by atoms with van der Waals surface area (Å²) in [6, 6.07) is 13.3. The third kappa shape index (κ3) is 3.55. The lowest BCUT2D eigenvalue weighted by molar-refractivity contribution is -0.119. The number of hydrogen-bond donors (Lipinski definition) is 1. The molecule has 0 spiro atoms. The molecule has 4 nitrogen and oxygen atoms in total. The zero-order valence-corrected chi connectivity index (χ0v) is 14.3. The number of amides is 2. The van der Waals surface area contributed by atoms with Gasteiger partial charge in [0, 0.05) is 17.3 Å². The van der Waals surface area contributed by atoms with Crippen molar-refractivity contribution in [2.24, 2.45) is 0 Å². The number of nitrogens with zero attached hydrogens (tertiary/aromatic N) is 1. The molecule has 1 fully saturated rings. The Morgan fingerprint density at radius 3 is 2.46 bits per heavy atom. The summed E-state index contributed by atoms with van der Waals surface area (Å²) in [6.07, 6.45) is 1.42. The number of benzene rings is 2. The predicted octanol–water partition coefficient (Wildman–Crippen LogP) is 4.24. The van der Waals surface area contributed by atoms with Crippen LogP contribution >= 0.6 is 23.2 Å². The largest absolute Gasteiger partial charge is 0.327 e. The zero-order valence-electron chi connectivity index (χ0n) is 12.8. The van der Waals surface area contributed by atoms with E-state index in [1.165, 1.54) is 0 Å². The van der Waals surface area contributed by atoms with Crippen molar-refractivity contribution in [3.8, 4) is 0 Å². The van der Waals surface area contributed by atoms with Crippen LogP contribution < -0.4 is 5.32 Å². The molecule has 2 aromatic carbocycles. The van der Waals surface area contributed by atoms with Crippen LogP contribution in [0.4, 0.5) is 5.69 Å². The van der Waals surface area contributed by atoms with Gasteiger partial charge in [0.05, 0.1) is 10.6 Å². The first kappa shape index (κ1) is 16.8. The molecule has 2 amide bonds. The lowest BCUT2D eigenvalue weighted by atomic mass is 10.1. The third-order valence-corrected chi connectivity index (χ3v) is 4.61. The van der Waals surface area contributed by atoms with Crippen molar-refractivity contribution >= 4 is 40.7 Å². The van der Waals surface area contributed by atoms with Crippen LogP contribution in [0.3, 0.4) is 0 Å². The summed E-state index contributed by atoms with van der Waals surface area (Å²) < 4.78 is 0. The summed E-state index contributed by atoms with van der Waals surface area (Å²) in [5, 5.41) is 3.83. The molecule has 1 aliphatic rings. The van der Waals surface area contributed by atoms with Crippen molar-refractivity contribution in [1.29, 1.82) is 0 Å². The van der Waals surface area contributed by atoms with Gasteiger partial charge in [0.15, 0.2) is 0 Å². The maximum atomic E-state index is 12.7. The van der Waals surface area contributed by atoms with Gasteiger partial charge in [-0.25, -0.2) is 0 Å². The van der Waals surface area contributed by atoms with Crippen LogP contribution in [0.2, 0.25) is 10.0 Å². The van der Waals surface area contributed by atoms with Gasteiger partial charge in [-0.1, -0.05) is 35.3 Å². The maximum Gasteiger partial charge on any atom is 0.256 e. The van der Waals surface area contributed by atoms with Crippen LogP contribution in [0, 0.1) is 0 Å². The summed E-state index contributed by atoms with van der Waals surface area (Å²) in [6.45, 7) is 0.544. The van der Waals surface area contributed by atoms with E-state index in [0.29, 0.717) is 34.3 Å². The van der Waals surface area contributed by atoms with Gasteiger partial charge >= 0.3 is 0 Å². The zero-order chi connectivity index (χ0) is 17.1. The van der Waals surface area contributed by atoms with Gasteiger partial charge in [0.2, 0.25) is 5.91 Å². The number of carbonyl (C=O) groups excluding carboxylic acids is 2. The fourth-order valence-electron chi connectivity index (χ4n) is 2.83. The Hall–Kier alpha value is -2.04. The van der Waals surface area contributed by atoms with Gasteiger partial charge in [-0.05, 0) is 49.2 Å². The van der Waals surface area contributed by atoms with Crippen LogP contribution in [-0.2, 0) is 4.79 Å². The second kappa shape index (κ2) is 7.24. The first-order chi connectivity index (χ1) is 11.6. The number of likely N-dealkylation sites (tertiary alicyclic amines) is 1. The molecule has 1 atom stereocenters. The highest BCUT2D eigenvalue weighted by atomic mass is 35.5. The molecule has 0 aromatic heterocycles. The predicted molar refractivity (Wildman–Crippen MR) is 95.6 cm³/mol. The van der Waals surface area contributed by atoms with Gasteiger partial charge in [-0.3, -0.25) is 9.59 Å². The highest BCUT2D eigenvalue weighted by Crippen LogP contribution is 2.25. The molecule has 124 valence electrons. The van der Waals surface area contributed by atoms with Gasteiger partial charge < -0.3 is 10.2 Å². The first-order valence-corrected chi connectivity index (χ1v) is 8.44.